The van der Waals surface area contributed by atoms with Crippen molar-refractivity contribution in [3.63, 3.8) is 0 Å². The number of hydrogen-bond donors (Lipinski definition) is 1. The fourth-order valence-electron chi connectivity index (χ4n) is 0.965. The Morgan fingerprint density at radius 3 is 2.69 bits per heavy atom. The van der Waals surface area contributed by atoms with Crippen LogP contribution < -0.4 is 5.32 Å². The molecule has 72 valence electrons. The van der Waals surface area contributed by atoms with Gasteiger partial charge in [-0.1, -0.05) is 0 Å². The van der Waals surface area contributed by atoms with E-state index < -0.39 is 11.7 Å². The lowest BCUT2D eigenvalue weighted by molar-refractivity contribution is -0.137. The summed E-state index contributed by atoms with van der Waals surface area (Å²) in [5.41, 5.74) is -0.651. The van der Waals surface area contributed by atoms with Crippen LogP contribution in [0.25, 0.3) is 0 Å². The van der Waals surface area contributed by atoms with E-state index in [1.807, 2.05) is 0 Å². The molecule has 0 radical (unpaired) electrons. The van der Waals surface area contributed by atoms with E-state index in [4.69, 9.17) is 0 Å². The number of aromatic nitrogens is 1. The minimum absolute atomic E-state index is 0.0741. The Kier molecular flexibility index (Phi) is 2.75. The zero-order chi connectivity index (χ0) is 9.90. The van der Waals surface area contributed by atoms with Crippen LogP contribution in [0.5, 0.6) is 0 Å². The molecule has 1 N–H and O–H groups in total. The summed E-state index contributed by atoms with van der Waals surface area (Å²) in [6.45, 7) is 2.19. The molecule has 1 heterocycles. The first kappa shape index (κ1) is 9.83. The topological polar surface area (TPSA) is 24.9 Å². The van der Waals surface area contributed by atoms with Crippen molar-refractivity contribution in [2.45, 2.75) is 13.1 Å². The second-order valence-electron chi connectivity index (χ2n) is 2.45. The van der Waals surface area contributed by atoms with Crippen LogP contribution in [0.1, 0.15) is 12.5 Å². The van der Waals surface area contributed by atoms with Crippen molar-refractivity contribution in [1.82, 2.24) is 4.98 Å². The Bertz CT molecular complexity index is 283. The molecule has 0 aliphatic carbocycles. The van der Waals surface area contributed by atoms with E-state index in [0.29, 0.717) is 6.54 Å². The molecular weight excluding hydrogens is 181 g/mol. The van der Waals surface area contributed by atoms with Crippen LogP contribution in [-0.2, 0) is 6.18 Å². The van der Waals surface area contributed by atoms with Crippen LogP contribution in [-0.4, -0.2) is 11.5 Å². The molecule has 0 amide bonds. The molecule has 0 saturated carbocycles. The van der Waals surface area contributed by atoms with Crippen molar-refractivity contribution >= 4 is 5.69 Å². The Hall–Kier alpha value is -1.26. The van der Waals surface area contributed by atoms with Crippen molar-refractivity contribution in [3.8, 4) is 0 Å². The quantitative estimate of drug-likeness (QED) is 0.775. The van der Waals surface area contributed by atoms with Crippen LogP contribution in [0, 0.1) is 0 Å². The average molecular weight is 190 g/mol. The van der Waals surface area contributed by atoms with Gasteiger partial charge >= 0.3 is 6.18 Å². The molecule has 1 aromatic heterocycles. The SMILES string of the molecule is CCNc1ccncc1C(F)(F)F. The van der Waals surface area contributed by atoms with Crippen molar-refractivity contribution in [2.24, 2.45) is 0 Å². The number of anilines is 1. The molecule has 1 aromatic rings. The van der Waals surface area contributed by atoms with Gasteiger partial charge in [0.25, 0.3) is 0 Å². The zero-order valence-corrected chi connectivity index (χ0v) is 7.02. The van der Waals surface area contributed by atoms with E-state index in [-0.39, 0.29) is 5.69 Å². The monoisotopic (exact) mass is 190 g/mol. The van der Waals surface area contributed by atoms with Crippen LogP contribution in [0.2, 0.25) is 0 Å². The number of alkyl halides is 3. The van der Waals surface area contributed by atoms with E-state index >= 15 is 0 Å². The molecule has 13 heavy (non-hydrogen) atoms. The molecule has 0 saturated heterocycles. The Morgan fingerprint density at radius 2 is 2.15 bits per heavy atom. The first-order chi connectivity index (χ1) is 6.05. The molecule has 1 rings (SSSR count). The van der Waals surface area contributed by atoms with Crippen molar-refractivity contribution < 1.29 is 13.2 Å². The maximum atomic E-state index is 12.3. The fourth-order valence-corrected chi connectivity index (χ4v) is 0.965. The minimum Gasteiger partial charge on any atom is -0.385 e. The lowest BCUT2D eigenvalue weighted by atomic mass is 10.2. The molecule has 0 aromatic carbocycles. The van der Waals surface area contributed by atoms with Gasteiger partial charge in [-0.25, -0.2) is 0 Å². The van der Waals surface area contributed by atoms with Crippen molar-refractivity contribution in [1.29, 1.82) is 0 Å². The van der Waals surface area contributed by atoms with Crippen LogP contribution >= 0.6 is 0 Å². The van der Waals surface area contributed by atoms with E-state index in [9.17, 15) is 13.2 Å². The lowest BCUT2D eigenvalue weighted by Gasteiger charge is -2.12. The minimum atomic E-state index is -4.34. The zero-order valence-electron chi connectivity index (χ0n) is 7.02. The first-order valence-electron chi connectivity index (χ1n) is 3.80. The summed E-state index contributed by atoms with van der Waals surface area (Å²) in [6, 6.07) is 1.31. The third-order valence-corrected chi connectivity index (χ3v) is 1.49. The van der Waals surface area contributed by atoms with E-state index in [2.05, 4.69) is 10.3 Å². The van der Waals surface area contributed by atoms with Gasteiger partial charge < -0.3 is 5.32 Å². The van der Waals surface area contributed by atoms with Crippen molar-refractivity contribution in [3.05, 3.63) is 24.0 Å². The van der Waals surface area contributed by atoms with Crippen molar-refractivity contribution in [2.75, 3.05) is 11.9 Å². The number of nitrogens with one attached hydrogen (secondary N) is 1. The summed E-state index contributed by atoms with van der Waals surface area (Å²) in [7, 11) is 0. The molecule has 0 aliphatic heterocycles. The Balaban J connectivity index is 3.05. The van der Waals surface area contributed by atoms with Gasteiger partial charge in [0, 0.05) is 24.6 Å². The van der Waals surface area contributed by atoms with Crippen LogP contribution in [0.15, 0.2) is 18.5 Å². The highest BCUT2D eigenvalue weighted by atomic mass is 19.4. The second kappa shape index (κ2) is 3.64. The lowest BCUT2D eigenvalue weighted by Crippen LogP contribution is -2.10. The van der Waals surface area contributed by atoms with Gasteiger partial charge in [-0.15, -0.1) is 0 Å². The van der Waals surface area contributed by atoms with Gasteiger partial charge in [0.2, 0.25) is 0 Å². The standard InChI is InChI=1S/C8H9F3N2/c1-2-13-7-3-4-12-5-6(7)8(9,10)11/h3-5H,2H2,1H3,(H,12,13). The highest BCUT2D eigenvalue weighted by molar-refractivity contribution is 5.50. The number of hydrogen-bond acceptors (Lipinski definition) is 2. The maximum absolute atomic E-state index is 12.3. The molecule has 0 fully saturated rings. The van der Waals surface area contributed by atoms with E-state index in [0.717, 1.165) is 6.20 Å². The summed E-state index contributed by atoms with van der Waals surface area (Å²) in [6.07, 6.45) is -2.20. The van der Waals surface area contributed by atoms with E-state index in [1.165, 1.54) is 12.3 Å². The van der Waals surface area contributed by atoms with E-state index in [1.54, 1.807) is 6.92 Å². The number of rotatable bonds is 2. The Labute approximate surface area is 73.8 Å². The predicted molar refractivity (Wildman–Crippen MR) is 43.4 cm³/mol. The Morgan fingerprint density at radius 1 is 1.46 bits per heavy atom. The summed E-state index contributed by atoms with van der Waals surface area (Å²) in [4.78, 5) is 3.43. The summed E-state index contributed by atoms with van der Waals surface area (Å²) < 4.78 is 36.9. The molecule has 0 atom stereocenters. The highest BCUT2D eigenvalue weighted by Gasteiger charge is 2.33. The molecule has 0 unspecified atom stereocenters. The molecule has 5 heteroatoms. The molecular formula is C8H9F3N2. The summed E-state index contributed by atoms with van der Waals surface area (Å²) in [5, 5.41) is 2.62. The smallest absolute Gasteiger partial charge is 0.385 e. The van der Waals surface area contributed by atoms with Gasteiger partial charge in [0.1, 0.15) is 0 Å². The fraction of sp³-hybridized carbons (Fsp3) is 0.375. The van der Waals surface area contributed by atoms with Crippen LogP contribution in [0.4, 0.5) is 18.9 Å². The summed E-state index contributed by atoms with van der Waals surface area (Å²) >= 11 is 0. The number of nitrogens with zero attached hydrogens (tertiary/aromatic N) is 1. The first-order valence-corrected chi connectivity index (χ1v) is 3.80. The maximum Gasteiger partial charge on any atom is 0.419 e. The normalized spacial score (nSPS) is 11.4. The van der Waals surface area contributed by atoms with Gasteiger partial charge in [-0.3, -0.25) is 4.98 Å². The molecule has 2 nitrogen and oxygen atoms in total. The molecule has 0 bridgehead atoms. The third kappa shape index (κ3) is 2.34. The highest BCUT2D eigenvalue weighted by Crippen LogP contribution is 2.33. The van der Waals surface area contributed by atoms with Gasteiger partial charge in [0.05, 0.1) is 5.56 Å². The van der Waals surface area contributed by atoms with Crippen LogP contribution in [0.3, 0.4) is 0 Å². The van der Waals surface area contributed by atoms with Gasteiger partial charge in [-0.05, 0) is 13.0 Å². The average Bonchev–Trinajstić information content (AvgIpc) is 2.04. The molecule has 0 spiro atoms. The predicted octanol–water partition coefficient (Wildman–Crippen LogP) is 2.53. The van der Waals surface area contributed by atoms with Gasteiger partial charge in [0.15, 0.2) is 0 Å². The summed E-state index contributed by atoms with van der Waals surface area (Å²) in [5.74, 6) is 0. The third-order valence-electron chi connectivity index (χ3n) is 1.49. The second-order valence-corrected chi connectivity index (χ2v) is 2.45. The molecule has 0 aliphatic rings. The number of halogens is 3. The largest absolute Gasteiger partial charge is 0.419 e. The van der Waals surface area contributed by atoms with Gasteiger partial charge in [-0.2, -0.15) is 13.2 Å². The number of pyridine rings is 1.